The number of nitro benzene ring substituents is 1. The first-order valence-corrected chi connectivity index (χ1v) is 11.9. The minimum atomic E-state index is -0.666. The van der Waals surface area contributed by atoms with E-state index >= 15 is 0 Å². The first-order valence-electron chi connectivity index (χ1n) is 11.9. The Kier molecular flexibility index (Phi) is 6.87. The molecule has 0 aliphatic carbocycles. The Balaban J connectivity index is 1.37. The lowest BCUT2D eigenvalue weighted by Gasteiger charge is -2.30. The van der Waals surface area contributed by atoms with Crippen LogP contribution in [0.15, 0.2) is 78.9 Å². The number of benzene rings is 3. The van der Waals surface area contributed by atoms with Crippen LogP contribution in [0.3, 0.4) is 0 Å². The summed E-state index contributed by atoms with van der Waals surface area (Å²) in [5.41, 5.74) is 3.71. The van der Waals surface area contributed by atoms with Crippen LogP contribution in [0.4, 0.5) is 11.4 Å². The number of amides is 1. The van der Waals surface area contributed by atoms with Gasteiger partial charge < -0.3 is 10.1 Å². The van der Waals surface area contributed by atoms with Gasteiger partial charge >= 0.3 is 5.97 Å². The van der Waals surface area contributed by atoms with Crippen molar-refractivity contribution >= 4 is 34.2 Å². The summed E-state index contributed by atoms with van der Waals surface area (Å²) in [6.07, 6.45) is 0.686. The van der Waals surface area contributed by atoms with Gasteiger partial charge in [-0.15, -0.1) is 0 Å². The molecule has 1 N–H and O–H groups in total. The Bertz CT molecular complexity index is 1490. The highest BCUT2D eigenvalue weighted by Gasteiger charge is 2.27. The van der Waals surface area contributed by atoms with Gasteiger partial charge in [0.25, 0.3) is 11.6 Å². The Labute approximate surface area is 212 Å². The van der Waals surface area contributed by atoms with Crippen LogP contribution < -0.4 is 5.32 Å². The van der Waals surface area contributed by atoms with Crippen molar-refractivity contribution in [1.29, 1.82) is 0 Å². The van der Waals surface area contributed by atoms with Crippen molar-refractivity contribution in [2.45, 2.75) is 19.5 Å². The Morgan fingerprint density at radius 2 is 1.73 bits per heavy atom. The molecule has 4 aromatic rings. The lowest BCUT2D eigenvalue weighted by Crippen LogP contribution is -2.32. The molecule has 2 heterocycles. The molecule has 9 nitrogen and oxygen atoms in total. The molecule has 3 aromatic carbocycles. The van der Waals surface area contributed by atoms with E-state index in [-0.39, 0.29) is 11.4 Å². The second kappa shape index (κ2) is 10.5. The minimum absolute atomic E-state index is 0.0387. The Hall–Kier alpha value is -4.63. The molecule has 0 saturated heterocycles. The largest absolute Gasteiger partial charge is 0.452 e. The summed E-state index contributed by atoms with van der Waals surface area (Å²) >= 11 is 0. The fourth-order valence-corrected chi connectivity index (χ4v) is 4.58. The van der Waals surface area contributed by atoms with E-state index in [0.717, 1.165) is 24.3 Å². The molecule has 0 saturated carbocycles. The van der Waals surface area contributed by atoms with Crippen LogP contribution in [0.1, 0.15) is 27.2 Å². The van der Waals surface area contributed by atoms with E-state index < -0.39 is 23.4 Å². The summed E-state index contributed by atoms with van der Waals surface area (Å²) < 4.78 is 5.42. The van der Waals surface area contributed by atoms with E-state index in [1.807, 2.05) is 42.5 Å². The van der Waals surface area contributed by atoms with Crippen LogP contribution in [0.25, 0.3) is 10.9 Å². The van der Waals surface area contributed by atoms with Gasteiger partial charge in [0.15, 0.2) is 6.61 Å². The second-order valence-corrected chi connectivity index (χ2v) is 8.77. The maximum atomic E-state index is 13.4. The number of anilines is 1. The predicted octanol–water partition coefficient (Wildman–Crippen LogP) is 4.50. The molecule has 0 spiro atoms. The van der Waals surface area contributed by atoms with Crippen molar-refractivity contribution in [2.24, 2.45) is 0 Å². The van der Waals surface area contributed by atoms with Crippen molar-refractivity contribution in [2.75, 3.05) is 18.5 Å². The number of fused-ring (bicyclic) bond motifs is 2. The van der Waals surface area contributed by atoms with Crippen LogP contribution in [0, 0.1) is 10.1 Å². The molecule has 1 aliphatic heterocycles. The number of carbonyl (C=O) groups is 2. The third-order valence-electron chi connectivity index (χ3n) is 6.29. The van der Waals surface area contributed by atoms with E-state index in [4.69, 9.17) is 9.72 Å². The zero-order chi connectivity index (χ0) is 25.8. The number of aromatic nitrogens is 1. The molecule has 1 amide bonds. The number of rotatable bonds is 7. The lowest BCUT2D eigenvalue weighted by molar-refractivity contribution is -0.383. The number of nitrogens with zero attached hydrogens (tertiary/aromatic N) is 3. The zero-order valence-corrected chi connectivity index (χ0v) is 19.9. The van der Waals surface area contributed by atoms with E-state index in [1.54, 1.807) is 6.07 Å². The van der Waals surface area contributed by atoms with E-state index in [0.29, 0.717) is 29.4 Å². The summed E-state index contributed by atoms with van der Waals surface area (Å²) in [5, 5.41) is 14.3. The van der Waals surface area contributed by atoms with Crippen molar-refractivity contribution in [1.82, 2.24) is 9.88 Å². The number of pyridine rings is 1. The van der Waals surface area contributed by atoms with Gasteiger partial charge in [0.2, 0.25) is 0 Å². The normalized spacial score (nSPS) is 13.1. The number of hydrogen-bond donors (Lipinski definition) is 1. The van der Waals surface area contributed by atoms with Gasteiger partial charge in [-0.3, -0.25) is 24.8 Å². The average molecular weight is 497 g/mol. The minimum Gasteiger partial charge on any atom is -0.452 e. The molecule has 1 aromatic heterocycles. The molecule has 0 atom stereocenters. The fourth-order valence-electron chi connectivity index (χ4n) is 4.58. The topological polar surface area (TPSA) is 115 Å². The molecule has 0 unspecified atom stereocenters. The maximum absolute atomic E-state index is 13.4. The molecule has 37 heavy (non-hydrogen) atoms. The number of nitro groups is 1. The summed E-state index contributed by atoms with van der Waals surface area (Å²) in [4.78, 5) is 43.6. The van der Waals surface area contributed by atoms with Crippen molar-refractivity contribution in [3.8, 4) is 0 Å². The molecular weight excluding hydrogens is 472 g/mol. The highest BCUT2D eigenvalue weighted by atomic mass is 16.6. The van der Waals surface area contributed by atoms with Crippen LogP contribution >= 0.6 is 0 Å². The Morgan fingerprint density at radius 3 is 2.54 bits per heavy atom. The lowest BCUT2D eigenvalue weighted by atomic mass is 9.95. The van der Waals surface area contributed by atoms with Gasteiger partial charge in [0.1, 0.15) is 5.69 Å². The SMILES string of the molecule is O=C(COC(=O)c1c2c(nc3ccccc13)CCN(Cc1ccccc1)C2)Nc1ccccc1[N+](=O)[O-]. The van der Waals surface area contributed by atoms with Crippen LogP contribution in [-0.2, 0) is 29.0 Å². The van der Waals surface area contributed by atoms with Gasteiger partial charge in [0, 0.05) is 48.8 Å². The molecule has 0 fully saturated rings. The second-order valence-electron chi connectivity index (χ2n) is 8.77. The summed E-state index contributed by atoms with van der Waals surface area (Å²) in [5.74, 6) is -1.30. The number of esters is 1. The number of nitrogens with one attached hydrogen (secondary N) is 1. The van der Waals surface area contributed by atoms with E-state index in [2.05, 4.69) is 22.3 Å². The monoisotopic (exact) mass is 496 g/mol. The average Bonchev–Trinajstić information content (AvgIpc) is 2.91. The van der Waals surface area contributed by atoms with Crippen LogP contribution in [-0.4, -0.2) is 39.8 Å². The highest BCUT2D eigenvalue weighted by Crippen LogP contribution is 2.29. The van der Waals surface area contributed by atoms with E-state index in [9.17, 15) is 19.7 Å². The maximum Gasteiger partial charge on any atom is 0.339 e. The number of carbonyl (C=O) groups excluding carboxylic acids is 2. The molecule has 0 bridgehead atoms. The molecule has 0 radical (unpaired) electrons. The third-order valence-corrected chi connectivity index (χ3v) is 6.29. The summed E-state index contributed by atoms with van der Waals surface area (Å²) in [6.45, 7) is 1.48. The quantitative estimate of drug-likeness (QED) is 0.228. The third kappa shape index (κ3) is 5.31. The summed E-state index contributed by atoms with van der Waals surface area (Å²) in [6, 6.07) is 23.3. The molecule has 5 rings (SSSR count). The smallest absolute Gasteiger partial charge is 0.339 e. The molecule has 9 heteroatoms. The zero-order valence-electron chi connectivity index (χ0n) is 19.9. The van der Waals surface area contributed by atoms with E-state index in [1.165, 1.54) is 23.8 Å². The van der Waals surface area contributed by atoms with Gasteiger partial charge in [0.05, 0.1) is 16.0 Å². The highest BCUT2D eigenvalue weighted by molar-refractivity contribution is 6.06. The molecule has 186 valence electrons. The fraction of sp³-hybridized carbons (Fsp3) is 0.179. The number of para-hydroxylation sites is 3. The predicted molar refractivity (Wildman–Crippen MR) is 138 cm³/mol. The Morgan fingerprint density at radius 1 is 1.00 bits per heavy atom. The molecular formula is C28H24N4O5. The van der Waals surface area contributed by atoms with Gasteiger partial charge in [-0.1, -0.05) is 60.7 Å². The first-order chi connectivity index (χ1) is 18.0. The van der Waals surface area contributed by atoms with Gasteiger partial charge in [-0.2, -0.15) is 0 Å². The standard InChI is InChI=1S/C28H24N4O5/c33-26(30-24-12-6-7-13-25(24)32(35)36)18-37-28(34)27-20-10-4-5-11-22(20)29-23-14-15-31(17-21(23)27)16-19-8-2-1-3-9-19/h1-13H,14-18H2,(H,30,33). The van der Waals surface area contributed by atoms with Crippen molar-refractivity contribution < 1.29 is 19.2 Å². The molecule has 1 aliphatic rings. The summed E-state index contributed by atoms with van der Waals surface area (Å²) in [7, 11) is 0. The van der Waals surface area contributed by atoms with Crippen LogP contribution in [0.5, 0.6) is 0 Å². The number of ether oxygens (including phenoxy) is 1. The van der Waals surface area contributed by atoms with Crippen LogP contribution in [0.2, 0.25) is 0 Å². The number of hydrogen-bond acceptors (Lipinski definition) is 7. The van der Waals surface area contributed by atoms with Gasteiger partial charge in [-0.25, -0.2) is 4.79 Å². The van der Waals surface area contributed by atoms with Crippen molar-refractivity contribution in [3.05, 3.63) is 111 Å². The first kappa shape index (κ1) is 24.1. The van der Waals surface area contributed by atoms with Crippen molar-refractivity contribution in [3.63, 3.8) is 0 Å². The van der Waals surface area contributed by atoms with Gasteiger partial charge in [-0.05, 0) is 17.7 Å².